The summed E-state index contributed by atoms with van der Waals surface area (Å²) in [6.45, 7) is 0. The summed E-state index contributed by atoms with van der Waals surface area (Å²) in [5, 5.41) is 3.63. The van der Waals surface area contributed by atoms with E-state index in [2.05, 4.69) is 24.3 Å². The maximum Gasteiger partial charge on any atom is 0.0249 e. The van der Waals surface area contributed by atoms with Gasteiger partial charge in [0.25, 0.3) is 0 Å². The molecular formula is C17H34N2. The molecule has 2 atom stereocenters. The Kier molecular flexibility index (Phi) is 6.66. The van der Waals surface area contributed by atoms with Crippen molar-refractivity contribution in [1.82, 2.24) is 10.2 Å². The normalized spacial score (nSPS) is 31.7. The average Bonchev–Trinajstić information content (AvgIpc) is 3.23. The van der Waals surface area contributed by atoms with Crippen LogP contribution in [0.15, 0.2) is 0 Å². The Morgan fingerprint density at radius 1 is 0.737 bits per heavy atom. The molecule has 0 saturated heterocycles. The van der Waals surface area contributed by atoms with Crippen LogP contribution < -0.4 is 5.32 Å². The van der Waals surface area contributed by atoms with E-state index in [0.29, 0.717) is 6.04 Å². The van der Waals surface area contributed by atoms with Crippen molar-refractivity contribution in [2.75, 3.05) is 14.1 Å². The molecule has 2 rings (SSSR count). The van der Waals surface area contributed by atoms with Crippen molar-refractivity contribution in [2.45, 2.75) is 95.2 Å². The Balaban J connectivity index is 1.90. The quantitative estimate of drug-likeness (QED) is 0.832. The summed E-state index contributed by atoms with van der Waals surface area (Å²) in [6.07, 6.45) is 17.2. The summed E-state index contributed by atoms with van der Waals surface area (Å²) in [7, 11) is 4.54. The molecule has 112 valence electrons. The molecule has 0 radical (unpaired) electrons. The smallest absolute Gasteiger partial charge is 0.0249 e. The van der Waals surface area contributed by atoms with Crippen molar-refractivity contribution in [3.05, 3.63) is 0 Å². The van der Waals surface area contributed by atoms with E-state index in [1.807, 2.05) is 0 Å². The van der Waals surface area contributed by atoms with E-state index < -0.39 is 0 Å². The van der Waals surface area contributed by atoms with Gasteiger partial charge in [0.1, 0.15) is 0 Å². The lowest BCUT2D eigenvalue weighted by Gasteiger charge is -2.35. The SMILES string of the molecule is CNC1CCCCCCCCCCC1N(C)C1CC1. The fourth-order valence-corrected chi connectivity index (χ4v) is 3.75. The second kappa shape index (κ2) is 8.26. The standard InChI is InChI=1S/C17H34N2/c1-18-16-11-9-7-5-3-4-6-8-10-12-17(16)19(2)15-13-14-15/h15-18H,3-14H2,1-2H3. The van der Waals surface area contributed by atoms with Crippen molar-refractivity contribution in [3.63, 3.8) is 0 Å². The number of nitrogens with zero attached hydrogens (tertiary/aromatic N) is 1. The highest BCUT2D eigenvalue weighted by Gasteiger charge is 2.33. The van der Waals surface area contributed by atoms with Crippen LogP contribution in [0.25, 0.3) is 0 Å². The summed E-state index contributed by atoms with van der Waals surface area (Å²) in [5.74, 6) is 0. The van der Waals surface area contributed by atoms with Crippen LogP contribution in [0, 0.1) is 0 Å². The van der Waals surface area contributed by atoms with E-state index in [9.17, 15) is 0 Å². The Labute approximate surface area is 120 Å². The molecule has 2 aliphatic carbocycles. The summed E-state index contributed by atoms with van der Waals surface area (Å²) >= 11 is 0. The Hall–Kier alpha value is -0.0800. The largest absolute Gasteiger partial charge is 0.315 e. The molecule has 0 bridgehead atoms. The Morgan fingerprint density at radius 2 is 1.26 bits per heavy atom. The number of hydrogen-bond acceptors (Lipinski definition) is 2. The summed E-state index contributed by atoms with van der Waals surface area (Å²) < 4.78 is 0. The minimum Gasteiger partial charge on any atom is -0.315 e. The minimum absolute atomic E-state index is 0.713. The molecule has 0 aliphatic heterocycles. The minimum atomic E-state index is 0.713. The van der Waals surface area contributed by atoms with E-state index >= 15 is 0 Å². The van der Waals surface area contributed by atoms with Crippen LogP contribution in [0.5, 0.6) is 0 Å². The Morgan fingerprint density at radius 3 is 1.79 bits per heavy atom. The molecule has 0 heterocycles. The lowest BCUT2D eigenvalue weighted by atomic mass is 9.93. The van der Waals surface area contributed by atoms with Gasteiger partial charge >= 0.3 is 0 Å². The lowest BCUT2D eigenvalue weighted by molar-refractivity contribution is 0.165. The highest BCUT2D eigenvalue weighted by Crippen LogP contribution is 2.30. The van der Waals surface area contributed by atoms with Crippen LogP contribution in [-0.2, 0) is 0 Å². The molecule has 2 fully saturated rings. The molecule has 0 aromatic carbocycles. The summed E-state index contributed by atoms with van der Waals surface area (Å²) in [6, 6.07) is 2.38. The van der Waals surface area contributed by atoms with Crippen LogP contribution in [0.4, 0.5) is 0 Å². The molecule has 0 spiro atoms. The van der Waals surface area contributed by atoms with Gasteiger partial charge in [-0.15, -0.1) is 0 Å². The van der Waals surface area contributed by atoms with Gasteiger partial charge in [-0.05, 0) is 39.8 Å². The van der Waals surface area contributed by atoms with Gasteiger partial charge in [0.15, 0.2) is 0 Å². The highest BCUT2D eigenvalue weighted by atomic mass is 15.2. The van der Waals surface area contributed by atoms with Gasteiger partial charge in [0.2, 0.25) is 0 Å². The number of hydrogen-bond donors (Lipinski definition) is 1. The molecule has 2 unspecified atom stereocenters. The topological polar surface area (TPSA) is 15.3 Å². The van der Waals surface area contributed by atoms with Gasteiger partial charge in [-0.25, -0.2) is 0 Å². The van der Waals surface area contributed by atoms with Crippen molar-refractivity contribution in [1.29, 1.82) is 0 Å². The molecular weight excluding hydrogens is 232 g/mol. The van der Waals surface area contributed by atoms with Crippen molar-refractivity contribution in [3.8, 4) is 0 Å². The molecule has 2 saturated carbocycles. The molecule has 1 N–H and O–H groups in total. The van der Waals surface area contributed by atoms with Crippen LogP contribution >= 0.6 is 0 Å². The first kappa shape index (κ1) is 15.3. The molecule has 0 aromatic heterocycles. The predicted octanol–water partition coefficient (Wildman–Crippen LogP) is 3.95. The van der Waals surface area contributed by atoms with Crippen molar-refractivity contribution >= 4 is 0 Å². The first-order chi connectivity index (χ1) is 9.33. The van der Waals surface area contributed by atoms with Gasteiger partial charge in [0.05, 0.1) is 0 Å². The summed E-state index contributed by atoms with van der Waals surface area (Å²) in [4.78, 5) is 2.70. The third-order valence-electron chi connectivity index (χ3n) is 5.25. The fourth-order valence-electron chi connectivity index (χ4n) is 3.75. The first-order valence-electron chi connectivity index (χ1n) is 8.72. The number of likely N-dealkylation sites (N-methyl/N-ethyl adjacent to an activating group) is 2. The van der Waals surface area contributed by atoms with Crippen LogP contribution in [0.1, 0.15) is 77.0 Å². The monoisotopic (exact) mass is 266 g/mol. The third kappa shape index (κ3) is 5.07. The van der Waals surface area contributed by atoms with Crippen LogP contribution in [-0.4, -0.2) is 37.1 Å². The Bertz CT molecular complexity index is 237. The molecule has 0 amide bonds. The lowest BCUT2D eigenvalue weighted by Crippen LogP contribution is -2.48. The summed E-state index contributed by atoms with van der Waals surface area (Å²) in [5.41, 5.74) is 0. The van der Waals surface area contributed by atoms with Crippen LogP contribution in [0.2, 0.25) is 0 Å². The van der Waals surface area contributed by atoms with Crippen molar-refractivity contribution < 1.29 is 0 Å². The van der Waals surface area contributed by atoms with Gasteiger partial charge in [0, 0.05) is 18.1 Å². The second-order valence-electron chi connectivity index (χ2n) is 6.76. The third-order valence-corrected chi connectivity index (χ3v) is 5.25. The number of rotatable bonds is 3. The van der Waals surface area contributed by atoms with E-state index in [0.717, 1.165) is 12.1 Å². The van der Waals surface area contributed by atoms with E-state index in [-0.39, 0.29) is 0 Å². The fraction of sp³-hybridized carbons (Fsp3) is 1.00. The molecule has 2 nitrogen and oxygen atoms in total. The van der Waals surface area contributed by atoms with E-state index in [4.69, 9.17) is 0 Å². The number of nitrogens with one attached hydrogen (secondary N) is 1. The predicted molar refractivity (Wildman–Crippen MR) is 83.6 cm³/mol. The van der Waals surface area contributed by atoms with E-state index in [1.54, 1.807) is 0 Å². The molecule has 2 heteroatoms. The van der Waals surface area contributed by atoms with Crippen LogP contribution in [0.3, 0.4) is 0 Å². The molecule has 19 heavy (non-hydrogen) atoms. The maximum atomic E-state index is 3.63. The molecule has 0 aromatic rings. The van der Waals surface area contributed by atoms with Gasteiger partial charge in [-0.2, -0.15) is 0 Å². The first-order valence-corrected chi connectivity index (χ1v) is 8.72. The van der Waals surface area contributed by atoms with Gasteiger partial charge in [-0.3, -0.25) is 4.90 Å². The highest BCUT2D eigenvalue weighted by molar-refractivity contribution is 4.91. The van der Waals surface area contributed by atoms with E-state index in [1.165, 1.54) is 77.0 Å². The average molecular weight is 266 g/mol. The maximum absolute atomic E-state index is 3.63. The van der Waals surface area contributed by atoms with Gasteiger partial charge in [-0.1, -0.05) is 51.4 Å². The zero-order chi connectivity index (χ0) is 13.5. The zero-order valence-electron chi connectivity index (χ0n) is 13.2. The van der Waals surface area contributed by atoms with Gasteiger partial charge < -0.3 is 5.32 Å². The van der Waals surface area contributed by atoms with Crippen molar-refractivity contribution in [2.24, 2.45) is 0 Å². The zero-order valence-corrected chi connectivity index (χ0v) is 13.2. The second-order valence-corrected chi connectivity index (χ2v) is 6.76. The molecule has 2 aliphatic rings.